The van der Waals surface area contributed by atoms with Gasteiger partial charge in [-0.15, -0.1) is 0 Å². The number of nitrogens with zero attached hydrogens (tertiary/aromatic N) is 2. The standard InChI is InChI=1S/C11H15N3O2/c12-5-9-2-1-3-14(9)10-4-8(11(15)16)6-13-7-10/h4,6-7,9H,1-3,5,12H2,(H,15,16)/t9-/m0/s1. The van der Waals surface area contributed by atoms with Crippen LogP contribution in [0.3, 0.4) is 0 Å². The van der Waals surface area contributed by atoms with Crippen LogP contribution >= 0.6 is 0 Å². The molecule has 0 saturated carbocycles. The van der Waals surface area contributed by atoms with Gasteiger partial charge in [-0.05, 0) is 18.9 Å². The normalized spacial score (nSPS) is 20.1. The van der Waals surface area contributed by atoms with E-state index in [9.17, 15) is 4.79 Å². The van der Waals surface area contributed by atoms with Gasteiger partial charge >= 0.3 is 5.97 Å². The van der Waals surface area contributed by atoms with Crippen molar-refractivity contribution < 1.29 is 9.90 Å². The Balaban J connectivity index is 2.26. The first kappa shape index (κ1) is 10.9. The van der Waals surface area contributed by atoms with Crippen LogP contribution in [0.25, 0.3) is 0 Å². The number of hydrogen-bond donors (Lipinski definition) is 2. The minimum atomic E-state index is -0.946. The molecular formula is C11H15N3O2. The van der Waals surface area contributed by atoms with Crippen LogP contribution in [-0.2, 0) is 0 Å². The Labute approximate surface area is 93.9 Å². The van der Waals surface area contributed by atoms with Gasteiger partial charge in [0, 0.05) is 25.3 Å². The molecule has 5 nitrogen and oxygen atoms in total. The summed E-state index contributed by atoms with van der Waals surface area (Å²) in [4.78, 5) is 16.9. The summed E-state index contributed by atoms with van der Waals surface area (Å²) >= 11 is 0. The molecule has 16 heavy (non-hydrogen) atoms. The highest BCUT2D eigenvalue weighted by Crippen LogP contribution is 2.24. The van der Waals surface area contributed by atoms with E-state index in [1.807, 2.05) is 0 Å². The Hall–Kier alpha value is -1.62. The third-order valence-corrected chi connectivity index (χ3v) is 2.95. The fourth-order valence-electron chi connectivity index (χ4n) is 2.12. The van der Waals surface area contributed by atoms with E-state index in [0.717, 1.165) is 25.1 Å². The highest BCUT2D eigenvalue weighted by molar-refractivity contribution is 5.88. The second kappa shape index (κ2) is 4.49. The smallest absolute Gasteiger partial charge is 0.337 e. The molecule has 1 atom stereocenters. The molecule has 0 aromatic carbocycles. The molecule has 2 rings (SSSR count). The summed E-state index contributed by atoms with van der Waals surface area (Å²) in [6.45, 7) is 1.52. The average Bonchev–Trinajstić information content (AvgIpc) is 2.77. The summed E-state index contributed by atoms with van der Waals surface area (Å²) in [7, 11) is 0. The van der Waals surface area contributed by atoms with Gasteiger partial charge in [-0.25, -0.2) is 4.79 Å². The number of pyridine rings is 1. The molecule has 1 aromatic heterocycles. The first-order valence-corrected chi connectivity index (χ1v) is 5.37. The van der Waals surface area contributed by atoms with E-state index >= 15 is 0 Å². The molecule has 0 spiro atoms. The molecule has 0 bridgehead atoms. The van der Waals surface area contributed by atoms with Gasteiger partial charge in [0.25, 0.3) is 0 Å². The van der Waals surface area contributed by atoms with E-state index in [2.05, 4.69) is 9.88 Å². The Bertz CT molecular complexity index is 395. The second-order valence-electron chi connectivity index (χ2n) is 3.96. The zero-order chi connectivity index (χ0) is 11.5. The highest BCUT2D eigenvalue weighted by atomic mass is 16.4. The number of nitrogens with two attached hydrogens (primary N) is 1. The van der Waals surface area contributed by atoms with Gasteiger partial charge in [-0.1, -0.05) is 0 Å². The lowest BCUT2D eigenvalue weighted by molar-refractivity contribution is 0.0696. The minimum Gasteiger partial charge on any atom is -0.478 e. The molecule has 1 saturated heterocycles. The number of hydrogen-bond acceptors (Lipinski definition) is 4. The Morgan fingerprint density at radius 1 is 1.62 bits per heavy atom. The second-order valence-corrected chi connectivity index (χ2v) is 3.96. The molecule has 86 valence electrons. The van der Waals surface area contributed by atoms with Crippen molar-refractivity contribution in [1.82, 2.24) is 4.98 Å². The van der Waals surface area contributed by atoms with Crippen LogP contribution in [0.5, 0.6) is 0 Å². The first-order chi connectivity index (χ1) is 7.72. The molecule has 1 aromatic rings. The van der Waals surface area contributed by atoms with Crippen molar-refractivity contribution in [2.24, 2.45) is 5.73 Å². The fraction of sp³-hybridized carbons (Fsp3) is 0.455. The van der Waals surface area contributed by atoms with Crippen LogP contribution in [0, 0.1) is 0 Å². The largest absolute Gasteiger partial charge is 0.478 e. The Morgan fingerprint density at radius 2 is 2.44 bits per heavy atom. The lowest BCUT2D eigenvalue weighted by atomic mass is 10.2. The molecule has 0 radical (unpaired) electrons. The SMILES string of the molecule is NC[C@@H]1CCCN1c1cncc(C(=O)O)c1. The van der Waals surface area contributed by atoms with Crippen LogP contribution in [0.2, 0.25) is 0 Å². The van der Waals surface area contributed by atoms with Crippen LogP contribution in [-0.4, -0.2) is 35.2 Å². The molecule has 0 aliphatic carbocycles. The molecule has 1 aliphatic heterocycles. The van der Waals surface area contributed by atoms with E-state index < -0.39 is 5.97 Å². The molecule has 3 N–H and O–H groups in total. The van der Waals surface area contributed by atoms with Gasteiger partial charge < -0.3 is 15.7 Å². The molecule has 5 heteroatoms. The number of carbonyl (C=O) groups is 1. The third-order valence-electron chi connectivity index (χ3n) is 2.95. The summed E-state index contributed by atoms with van der Waals surface area (Å²) in [5.74, 6) is -0.946. The summed E-state index contributed by atoms with van der Waals surface area (Å²) in [5, 5.41) is 8.89. The van der Waals surface area contributed by atoms with Gasteiger partial charge in [0.2, 0.25) is 0 Å². The maximum absolute atomic E-state index is 10.8. The minimum absolute atomic E-state index is 0.222. The van der Waals surface area contributed by atoms with Crippen LogP contribution in [0.4, 0.5) is 5.69 Å². The first-order valence-electron chi connectivity index (χ1n) is 5.37. The van der Waals surface area contributed by atoms with Crippen LogP contribution in [0.1, 0.15) is 23.2 Å². The maximum atomic E-state index is 10.8. The van der Waals surface area contributed by atoms with Gasteiger partial charge in [-0.2, -0.15) is 0 Å². The Morgan fingerprint density at radius 3 is 3.12 bits per heavy atom. The molecule has 2 heterocycles. The molecule has 0 amide bonds. The van der Waals surface area contributed by atoms with E-state index in [4.69, 9.17) is 10.8 Å². The Kier molecular flexibility index (Phi) is 3.05. The average molecular weight is 221 g/mol. The molecule has 0 unspecified atom stereocenters. The summed E-state index contributed by atoms with van der Waals surface area (Å²) in [5.41, 5.74) is 6.76. The summed E-state index contributed by atoms with van der Waals surface area (Å²) in [6, 6.07) is 1.97. The van der Waals surface area contributed by atoms with Crippen molar-refractivity contribution in [3.63, 3.8) is 0 Å². The maximum Gasteiger partial charge on any atom is 0.337 e. The lowest BCUT2D eigenvalue weighted by Gasteiger charge is -2.25. The zero-order valence-electron chi connectivity index (χ0n) is 8.97. The zero-order valence-corrected chi connectivity index (χ0v) is 8.97. The van der Waals surface area contributed by atoms with E-state index in [-0.39, 0.29) is 5.56 Å². The molecule has 1 aliphatic rings. The lowest BCUT2D eigenvalue weighted by Crippen LogP contribution is -2.35. The predicted octanol–water partition coefficient (Wildman–Crippen LogP) is 0.707. The monoisotopic (exact) mass is 221 g/mol. The number of aromatic nitrogens is 1. The molecular weight excluding hydrogens is 206 g/mol. The predicted molar refractivity (Wildman–Crippen MR) is 60.6 cm³/mol. The topological polar surface area (TPSA) is 79.5 Å². The van der Waals surface area contributed by atoms with Gasteiger partial charge in [0.15, 0.2) is 0 Å². The third kappa shape index (κ3) is 1.99. The van der Waals surface area contributed by atoms with Gasteiger partial charge in [0.1, 0.15) is 0 Å². The highest BCUT2D eigenvalue weighted by Gasteiger charge is 2.24. The molecule has 1 fully saturated rings. The summed E-state index contributed by atoms with van der Waals surface area (Å²) < 4.78 is 0. The number of carboxylic acid groups (broad SMARTS) is 1. The number of aromatic carboxylic acids is 1. The number of rotatable bonds is 3. The quantitative estimate of drug-likeness (QED) is 0.785. The van der Waals surface area contributed by atoms with Crippen molar-refractivity contribution in [3.8, 4) is 0 Å². The number of anilines is 1. The summed E-state index contributed by atoms with van der Waals surface area (Å²) in [6.07, 6.45) is 5.22. The van der Waals surface area contributed by atoms with E-state index in [1.165, 1.54) is 6.20 Å². The van der Waals surface area contributed by atoms with Crippen molar-refractivity contribution in [1.29, 1.82) is 0 Å². The van der Waals surface area contributed by atoms with E-state index in [1.54, 1.807) is 12.3 Å². The van der Waals surface area contributed by atoms with Crippen molar-refractivity contribution in [2.45, 2.75) is 18.9 Å². The van der Waals surface area contributed by atoms with Crippen LogP contribution in [0.15, 0.2) is 18.5 Å². The van der Waals surface area contributed by atoms with Crippen molar-refractivity contribution >= 4 is 11.7 Å². The van der Waals surface area contributed by atoms with Crippen LogP contribution < -0.4 is 10.6 Å². The fourth-order valence-corrected chi connectivity index (χ4v) is 2.12. The van der Waals surface area contributed by atoms with E-state index in [0.29, 0.717) is 12.6 Å². The number of carboxylic acids is 1. The van der Waals surface area contributed by atoms with Crippen molar-refractivity contribution in [2.75, 3.05) is 18.0 Å². The van der Waals surface area contributed by atoms with Gasteiger partial charge in [-0.3, -0.25) is 4.98 Å². The van der Waals surface area contributed by atoms with Gasteiger partial charge in [0.05, 0.1) is 17.4 Å². The van der Waals surface area contributed by atoms with Crippen molar-refractivity contribution in [3.05, 3.63) is 24.0 Å².